The molecule has 7 heteroatoms. The molecule has 1 aromatic heterocycles. The normalized spacial score (nSPS) is 13.2. The summed E-state index contributed by atoms with van der Waals surface area (Å²) in [5.41, 5.74) is 0.659. The van der Waals surface area contributed by atoms with Crippen molar-refractivity contribution < 1.29 is 18.3 Å². The average Bonchev–Trinajstić information content (AvgIpc) is 2.35. The van der Waals surface area contributed by atoms with Gasteiger partial charge in [-0.15, -0.1) is 0 Å². The Kier molecular flexibility index (Phi) is 5.24. The van der Waals surface area contributed by atoms with Crippen LogP contribution in [0.5, 0.6) is 0 Å². The zero-order chi connectivity index (χ0) is 13.6. The van der Waals surface area contributed by atoms with Crippen molar-refractivity contribution in [2.45, 2.75) is 25.8 Å². The summed E-state index contributed by atoms with van der Waals surface area (Å²) in [4.78, 5) is 14.8. The Bertz CT molecular complexity index is 487. The molecular weight excluding hydrogens is 256 g/mol. The van der Waals surface area contributed by atoms with Crippen molar-refractivity contribution in [2.24, 2.45) is 0 Å². The summed E-state index contributed by atoms with van der Waals surface area (Å²) in [5, 5.41) is 8.78. The maximum atomic E-state index is 11.7. The lowest BCUT2D eigenvalue weighted by molar-refractivity contribution is -0.139. The van der Waals surface area contributed by atoms with Crippen molar-refractivity contribution in [1.82, 2.24) is 9.71 Å². The number of aliphatic carboxylic acids is 1. The molecule has 1 aromatic rings. The smallest absolute Gasteiger partial charge is 0.321 e. The molecule has 0 amide bonds. The van der Waals surface area contributed by atoms with Crippen LogP contribution >= 0.6 is 0 Å². The molecule has 0 unspecified atom stereocenters. The van der Waals surface area contributed by atoms with E-state index in [1.807, 2.05) is 0 Å². The van der Waals surface area contributed by atoms with Gasteiger partial charge in [-0.25, -0.2) is 13.1 Å². The third-order valence-corrected chi connectivity index (χ3v) is 3.77. The van der Waals surface area contributed by atoms with Crippen LogP contribution in [0.15, 0.2) is 24.4 Å². The van der Waals surface area contributed by atoms with Crippen molar-refractivity contribution >= 4 is 16.0 Å². The van der Waals surface area contributed by atoms with Gasteiger partial charge >= 0.3 is 5.97 Å². The van der Waals surface area contributed by atoms with Crippen LogP contribution in [0.1, 0.15) is 19.0 Å². The van der Waals surface area contributed by atoms with Gasteiger partial charge < -0.3 is 5.11 Å². The van der Waals surface area contributed by atoms with Crippen LogP contribution in [0.25, 0.3) is 0 Å². The number of nitrogens with zero attached hydrogens (tertiary/aromatic N) is 1. The van der Waals surface area contributed by atoms with Crippen molar-refractivity contribution in [1.29, 1.82) is 0 Å². The number of sulfonamides is 1. The minimum absolute atomic E-state index is 0.173. The van der Waals surface area contributed by atoms with Crippen LogP contribution < -0.4 is 4.72 Å². The molecule has 0 saturated carbocycles. The maximum Gasteiger partial charge on any atom is 0.321 e. The lowest BCUT2D eigenvalue weighted by atomic mass is 10.2. The van der Waals surface area contributed by atoms with Crippen LogP contribution in [0.3, 0.4) is 0 Å². The Morgan fingerprint density at radius 1 is 1.50 bits per heavy atom. The van der Waals surface area contributed by atoms with Gasteiger partial charge in [0.2, 0.25) is 10.0 Å². The second-order valence-electron chi connectivity index (χ2n) is 3.81. The van der Waals surface area contributed by atoms with Crippen LogP contribution in [0.4, 0.5) is 0 Å². The summed E-state index contributed by atoms with van der Waals surface area (Å²) < 4.78 is 25.5. The zero-order valence-electron chi connectivity index (χ0n) is 10.0. The summed E-state index contributed by atoms with van der Waals surface area (Å²) in [7, 11) is -3.61. The van der Waals surface area contributed by atoms with Gasteiger partial charge in [0.05, 0.1) is 5.75 Å². The number of aromatic nitrogens is 1. The van der Waals surface area contributed by atoms with Gasteiger partial charge in [-0.2, -0.15) is 0 Å². The van der Waals surface area contributed by atoms with Crippen molar-refractivity contribution in [3.63, 3.8) is 0 Å². The van der Waals surface area contributed by atoms with Crippen LogP contribution in [-0.2, 0) is 21.2 Å². The molecule has 0 aliphatic rings. The first-order valence-electron chi connectivity index (χ1n) is 5.57. The molecule has 100 valence electrons. The summed E-state index contributed by atoms with van der Waals surface area (Å²) in [5.74, 6) is -1.34. The fourth-order valence-electron chi connectivity index (χ4n) is 1.37. The maximum absolute atomic E-state index is 11.7. The van der Waals surface area contributed by atoms with E-state index in [-0.39, 0.29) is 18.6 Å². The molecule has 0 aliphatic heterocycles. The predicted molar refractivity (Wildman–Crippen MR) is 66.6 cm³/mol. The first-order valence-corrected chi connectivity index (χ1v) is 7.22. The Morgan fingerprint density at radius 2 is 2.22 bits per heavy atom. The second-order valence-corrected chi connectivity index (χ2v) is 5.68. The number of pyridine rings is 1. The highest BCUT2D eigenvalue weighted by Crippen LogP contribution is 2.00. The first kappa shape index (κ1) is 14.6. The number of rotatable bonds is 7. The summed E-state index contributed by atoms with van der Waals surface area (Å²) >= 11 is 0. The molecule has 0 spiro atoms. The highest BCUT2D eigenvalue weighted by atomic mass is 32.2. The monoisotopic (exact) mass is 272 g/mol. The van der Waals surface area contributed by atoms with Gasteiger partial charge in [-0.1, -0.05) is 13.0 Å². The molecule has 0 bridgehead atoms. The number of hydrogen-bond donors (Lipinski definition) is 2. The molecule has 18 heavy (non-hydrogen) atoms. The standard InChI is InChI=1S/C11H16N2O4S/c1-2-10(11(14)15)13-18(16,17)8-6-9-5-3-4-7-12-9/h3-5,7,10,13H,2,6,8H2,1H3,(H,14,15)/t10-/m0/s1. The summed E-state index contributed by atoms with van der Waals surface area (Å²) in [6.45, 7) is 1.61. The molecule has 6 nitrogen and oxygen atoms in total. The van der Waals surface area contributed by atoms with Gasteiger partial charge in [-0.05, 0) is 18.6 Å². The minimum Gasteiger partial charge on any atom is -0.480 e. The van der Waals surface area contributed by atoms with E-state index >= 15 is 0 Å². The topological polar surface area (TPSA) is 96.4 Å². The second kappa shape index (κ2) is 6.46. The third kappa shape index (κ3) is 4.80. The van der Waals surface area contributed by atoms with Gasteiger partial charge in [0, 0.05) is 18.3 Å². The van der Waals surface area contributed by atoms with Crippen molar-refractivity contribution in [3.8, 4) is 0 Å². The fourth-order valence-corrected chi connectivity index (χ4v) is 2.67. The first-order chi connectivity index (χ1) is 8.44. The number of carbonyl (C=O) groups is 1. The Morgan fingerprint density at radius 3 is 2.72 bits per heavy atom. The van der Waals surface area contributed by atoms with Gasteiger partial charge in [0.1, 0.15) is 6.04 Å². The summed E-state index contributed by atoms with van der Waals surface area (Å²) in [6.07, 6.45) is 2.05. The third-order valence-electron chi connectivity index (χ3n) is 2.38. The Hall–Kier alpha value is -1.47. The van der Waals surface area contributed by atoms with Gasteiger partial charge in [-0.3, -0.25) is 9.78 Å². The SMILES string of the molecule is CC[C@H](NS(=O)(=O)CCc1ccccn1)C(=O)O. The van der Waals surface area contributed by atoms with E-state index in [0.29, 0.717) is 5.69 Å². The molecule has 2 N–H and O–H groups in total. The molecule has 1 atom stereocenters. The number of carboxylic acid groups (broad SMARTS) is 1. The van der Waals surface area contributed by atoms with E-state index < -0.39 is 22.0 Å². The molecule has 0 aromatic carbocycles. The Balaban J connectivity index is 2.57. The molecule has 0 radical (unpaired) electrons. The van der Waals surface area contributed by atoms with E-state index in [1.54, 1.807) is 31.3 Å². The average molecular weight is 272 g/mol. The molecule has 1 heterocycles. The largest absolute Gasteiger partial charge is 0.480 e. The van der Waals surface area contributed by atoms with Gasteiger partial charge in [0.25, 0.3) is 0 Å². The number of hydrogen-bond acceptors (Lipinski definition) is 4. The number of carboxylic acids is 1. The fraction of sp³-hybridized carbons (Fsp3) is 0.455. The van der Waals surface area contributed by atoms with E-state index in [2.05, 4.69) is 9.71 Å². The van der Waals surface area contributed by atoms with E-state index in [4.69, 9.17) is 5.11 Å². The number of aryl methyl sites for hydroxylation is 1. The molecule has 0 saturated heterocycles. The van der Waals surface area contributed by atoms with Crippen LogP contribution in [0, 0.1) is 0 Å². The Labute approximate surface area is 106 Å². The molecule has 0 fully saturated rings. The van der Waals surface area contributed by atoms with Crippen LogP contribution in [-0.4, -0.2) is 36.3 Å². The van der Waals surface area contributed by atoms with Crippen LogP contribution in [0.2, 0.25) is 0 Å². The zero-order valence-corrected chi connectivity index (χ0v) is 10.9. The van der Waals surface area contributed by atoms with E-state index in [0.717, 1.165) is 0 Å². The number of nitrogens with one attached hydrogen (secondary N) is 1. The minimum atomic E-state index is -3.61. The molecule has 0 aliphatic carbocycles. The predicted octanol–water partition coefficient (Wildman–Crippen LogP) is 0.407. The summed E-state index contributed by atoms with van der Waals surface area (Å²) in [6, 6.07) is 4.17. The van der Waals surface area contributed by atoms with E-state index in [9.17, 15) is 13.2 Å². The highest BCUT2D eigenvalue weighted by Gasteiger charge is 2.21. The van der Waals surface area contributed by atoms with E-state index in [1.165, 1.54) is 0 Å². The quantitative estimate of drug-likeness (QED) is 0.749. The molecular formula is C11H16N2O4S. The van der Waals surface area contributed by atoms with Gasteiger partial charge in [0.15, 0.2) is 0 Å². The molecule has 1 rings (SSSR count). The van der Waals surface area contributed by atoms with Crippen molar-refractivity contribution in [2.75, 3.05) is 5.75 Å². The lowest BCUT2D eigenvalue weighted by Crippen LogP contribution is -2.41. The highest BCUT2D eigenvalue weighted by molar-refractivity contribution is 7.89. The lowest BCUT2D eigenvalue weighted by Gasteiger charge is -2.12. The van der Waals surface area contributed by atoms with Crippen molar-refractivity contribution in [3.05, 3.63) is 30.1 Å².